The molecular formula is C12H17N3O3. The van der Waals surface area contributed by atoms with E-state index in [0.717, 1.165) is 19.5 Å². The molecule has 18 heavy (non-hydrogen) atoms. The van der Waals surface area contributed by atoms with E-state index in [-0.39, 0.29) is 6.61 Å². The van der Waals surface area contributed by atoms with E-state index in [0.29, 0.717) is 24.0 Å². The Balaban J connectivity index is 2.02. The largest absolute Gasteiger partial charge is 0.462 e. The van der Waals surface area contributed by atoms with Crippen LogP contribution < -0.4 is 4.90 Å². The van der Waals surface area contributed by atoms with Gasteiger partial charge >= 0.3 is 5.97 Å². The molecule has 1 aromatic rings. The Morgan fingerprint density at radius 3 is 2.83 bits per heavy atom. The highest BCUT2D eigenvalue weighted by atomic mass is 16.5. The van der Waals surface area contributed by atoms with Gasteiger partial charge in [0, 0.05) is 38.0 Å². The Bertz CT molecular complexity index is 408. The maximum Gasteiger partial charge on any atom is 0.341 e. The van der Waals surface area contributed by atoms with E-state index in [1.807, 2.05) is 4.90 Å². The molecule has 6 heteroatoms. The molecule has 0 bridgehead atoms. The van der Waals surface area contributed by atoms with Gasteiger partial charge in [-0.15, -0.1) is 0 Å². The van der Waals surface area contributed by atoms with Crippen LogP contribution in [0.5, 0.6) is 0 Å². The lowest BCUT2D eigenvalue weighted by atomic mass is 10.1. The summed E-state index contributed by atoms with van der Waals surface area (Å²) in [4.78, 5) is 21.8. The van der Waals surface area contributed by atoms with Gasteiger partial charge in [-0.2, -0.15) is 0 Å². The Kier molecular flexibility index (Phi) is 4.09. The zero-order chi connectivity index (χ0) is 13.0. The van der Waals surface area contributed by atoms with E-state index in [2.05, 4.69) is 9.97 Å². The maximum atomic E-state index is 11.4. The quantitative estimate of drug-likeness (QED) is 0.784. The first-order valence-electron chi connectivity index (χ1n) is 6.09. The van der Waals surface area contributed by atoms with Crippen LogP contribution >= 0.6 is 0 Å². The lowest BCUT2D eigenvalue weighted by molar-refractivity contribution is 0.0525. The summed E-state index contributed by atoms with van der Waals surface area (Å²) >= 11 is 0. The van der Waals surface area contributed by atoms with E-state index in [9.17, 15) is 4.79 Å². The fourth-order valence-electron chi connectivity index (χ4n) is 1.97. The Labute approximate surface area is 106 Å². The van der Waals surface area contributed by atoms with Crippen LogP contribution in [0, 0.1) is 5.92 Å². The smallest absolute Gasteiger partial charge is 0.341 e. The van der Waals surface area contributed by atoms with Gasteiger partial charge in [-0.05, 0) is 13.3 Å². The van der Waals surface area contributed by atoms with Crippen LogP contribution in [-0.4, -0.2) is 47.3 Å². The lowest BCUT2D eigenvalue weighted by Crippen LogP contribution is -2.23. The van der Waals surface area contributed by atoms with Gasteiger partial charge in [-0.25, -0.2) is 14.8 Å². The van der Waals surface area contributed by atoms with Crippen molar-refractivity contribution in [1.29, 1.82) is 0 Å². The first kappa shape index (κ1) is 12.8. The SMILES string of the molecule is CCOC(=O)c1cnc(N2CCC(CO)C2)nc1. The van der Waals surface area contributed by atoms with Crippen molar-refractivity contribution in [2.45, 2.75) is 13.3 Å². The predicted octanol–water partition coefficient (Wildman–Crippen LogP) is 0.472. The van der Waals surface area contributed by atoms with Crippen molar-refractivity contribution in [2.75, 3.05) is 31.2 Å². The van der Waals surface area contributed by atoms with Gasteiger partial charge in [0.2, 0.25) is 5.95 Å². The molecule has 6 nitrogen and oxygen atoms in total. The number of carbonyl (C=O) groups is 1. The highest BCUT2D eigenvalue weighted by Crippen LogP contribution is 2.19. The predicted molar refractivity (Wildman–Crippen MR) is 65.4 cm³/mol. The molecular weight excluding hydrogens is 234 g/mol. The normalized spacial score (nSPS) is 19.0. The van der Waals surface area contributed by atoms with Crippen LogP contribution in [0.15, 0.2) is 12.4 Å². The monoisotopic (exact) mass is 251 g/mol. The second-order valence-electron chi connectivity index (χ2n) is 4.28. The Hall–Kier alpha value is -1.69. The molecule has 0 spiro atoms. The molecule has 1 fully saturated rings. The number of aliphatic hydroxyl groups excluding tert-OH is 1. The minimum Gasteiger partial charge on any atom is -0.462 e. The van der Waals surface area contributed by atoms with Crippen molar-refractivity contribution in [3.8, 4) is 0 Å². The summed E-state index contributed by atoms with van der Waals surface area (Å²) in [5, 5.41) is 9.08. The Morgan fingerprint density at radius 2 is 2.28 bits per heavy atom. The highest BCUT2D eigenvalue weighted by Gasteiger charge is 2.23. The van der Waals surface area contributed by atoms with E-state index in [1.165, 1.54) is 12.4 Å². The van der Waals surface area contributed by atoms with Crippen molar-refractivity contribution in [3.05, 3.63) is 18.0 Å². The average molecular weight is 251 g/mol. The second-order valence-corrected chi connectivity index (χ2v) is 4.28. The lowest BCUT2D eigenvalue weighted by Gasteiger charge is -2.15. The van der Waals surface area contributed by atoms with E-state index >= 15 is 0 Å². The molecule has 1 aromatic heterocycles. The molecule has 2 heterocycles. The summed E-state index contributed by atoms with van der Waals surface area (Å²) in [6.07, 6.45) is 3.90. The summed E-state index contributed by atoms with van der Waals surface area (Å²) in [7, 11) is 0. The van der Waals surface area contributed by atoms with Crippen LogP contribution in [0.3, 0.4) is 0 Å². The van der Waals surface area contributed by atoms with E-state index in [1.54, 1.807) is 6.92 Å². The minimum absolute atomic E-state index is 0.192. The summed E-state index contributed by atoms with van der Waals surface area (Å²) in [5.41, 5.74) is 0.360. The molecule has 0 amide bonds. The number of rotatable bonds is 4. The molecule has 0 saturated carbocycles. The molecule has 98 valence electrons. The fourth-order valence-corrected chi connectivity index (χ4v) is 1.97. The van der Waals surface area contributed by atoms with E-state index < -0.39 is 5.97 Å². The van der Waals surface area contributed by atoms with Crippen molar-refractivity contribution < 1.29 is 14.6 Å². The van der Waals surface area contributed by atoms with Gasteiger partial charge in [0.05, 0.1) is 12.2 Å². The topological polar surface area (TPSA) is 75.5 Å². The first-order chi connectivity index (χ1) is 8.74. The molecule has 2 rings (SSSR count). The van der Waals surface area contributed by atoms with Gasteiger partial charge < -0.3 is 14.7 Å². The zero-order valence-electron chi connectivity index (χ0n) is 10.4. The molecule has 1 N–H and O–H groups in total. The third kappa shape index (κ3) is 2.76. The number of esters is 1. The maximum absolute atomic E-state index is 11.4. The molecule has 0 aromatic carbocycles. The molecule has 1 atom stereocenters. The number of hydrogen-bond acceptors (Lipinski definition) is 6. The summed E-state index contributed by atoms with van der Waals surface area (Å²) in [5.74, 6) is 0.482. The molecule has 1 aliphatic heterocycles. The number of nitrogens with zero attached hydrogens (tertiary/aromatic N) is 3. The van der Waals surface area contributed by atoms with Gasteiger partial charge in [0.15, 0.2) is 0 Å². The molecule has 0 radical (unpaired) electrons. The van der Waals surface area contributed by atoms with Crippen LogP contribution in [0.2, 0.25) is 0 Å². The Morgan fingerprint density at radius 1 is 1.56 bits per heavy atom. The van der Waals surface area contributed by atoms with Crippen molar-refractivity contribution >= 4 is 11.9 Å². The number of aliphatic hydroxyl groups is 1. The van der Waals surface area contributed by atoms with Gasteiger partial charge in [-0.3, -0.25) is 0 Å². The van der Waals surface area contributed by atoms with Crippen LogP contribution in [-0.2, 0) is 4.74 Å². The molecule has 1 saturated heterocycles. The third-order valence-electron chi connectivity index (χ3n) is 2.98. The van der Waals surface area contributed by atoms with Gasteiger partial charge in [-0.1, -0.05) is 0 Å². The van der Waals surface area contributed by atoms with Crippen LogP contribution in [0.25, 0.3) is 0 Å². The van der Waals surface area contributed by atoms with E-state index in [4.69, 9.17) is 9.84 Å². The zero-order valence-corrected chi connectivity index (χ0v) is 10.4. The van der Waals surface area contributed by atoms with Gasteiger partial charge in [0.1, 0.15) is 0 Å². The van der Waals surface area contributed by atoms with Crippen LogP contribution in [0.1, 0.15) is 23.7 Å². The number of hydrogen-bond donors (Lipinski definition) is 1. The summed E-state index contributed by atoms with van der Waals surface area (Å²) in [6.45, 7) is 3.88. The fraction of sp³-hybridized carbons (Fsp3) is 0.583. The standard InChI is InChI=1S/C12H17N3O3/c1-2-18-11(17)10-5-13-12(14-6-10)15-4-3-9(7-15)8-16/h5-6,9,16H,2-4,7-8H2,1H3. The average Bonchev–Trinajstić information content (AvgIpc) is 2.88. The van der Waals surface area contributed by atoms with Gasteiger partial charge in [0.25, 0.3) is 0 Å². The number of anilines is 1. The molecule has 1 unspecified atom stereocenters. The van der Waals surface area contributed by atoms with Crippen molar-refractivity contribution in [3.63, 3.8) is 0 Å². The minimum atomic E-state index is -0.404. The van der Waals surface area contributed by atoms with Crippen molar-refractivity contribution in [1.82, 2.24) is 9.97 Å². The second kappa shape index (κ2) is 5.77. The number of carbonyl (C=O) groups excluding carboxylic acids is 1. The highest BCUT2D eigenvalue weighted by molar-refractivity contribution is 5.88. The summed E-state index contributed by atoms with van der Waals surface area (Å²) < 4.78 is 4.86. The molecule has 0 aliphatic carbocycles. The van der Waals surface area contributed by atoms with Crippen LogP contribution in [0.4, 0.5) is 5.95 Å². The number of aromatic nitrogens is 2. The van der Waals surface area contributed by atoms with Crippen molar-refractivity contribution in [2.24, 2.45) is 5.92 Å². The number of ether oxygens (including phenoxy) is 1. The molecule has 1 aliphatic rings. The summed E-state index contributed by atoms with van der Waals surface area (Å²) in [6, 6.07) is 0. The first-order valence-corrected chi connectivity index (χ1v) is 6.09. The third-order valence-corrected chi connectivity index (χ3v) is 2.98.